The van der Waals surface area contributed by atoms with Gasteiger partial charge in [0.1, 0.15) is 5.69 Å². The van der Waals surface area contributed by atoms with E-state index in [2.05, 4.69) is 31.2 Å². The second kappa shape index (κ2) is 7.35. The van der Waals surface area contributed by atoms with Crippen LogP contribution in [0.3, 0.4) is 0 Å². The Kier molecular flexibility index (Phi) is 5.00. The second-order valence-corrected chi connectivity index (χ2v) is 6.16. The van der Waals surface area contributed by atoms with Crippen LogP contribution in [-0.2, 0) is 6.54 Å². The summed E-state index contributed by atoms with van der Waals surface area (Å²) in [5.41, 5.74) is 7.82. The molecule has 3 heterocycles. The smallest absolute Gasteiger partial charge is 0.270 e. The van der Waals surface area contributed by atoms with E-state index in [9.17, 15) is 4.79 Å². The molecule has 0 radical (unpaired) electrons. The monoisotopic (exact) mass is 326 g/mol. The van der Waals surface area contributed by atoms with Crippen molar-refractivity contribution >= 4 is 11.9 Å². The normalized spacial score (nSPS) is 18.3. The molecular weight excluding hydrogens is 304 g/mol. The van der Waals surface area contributed by atoms with Crippen LogP contribution < -0.4 is 11.1 Å². The van der Waals surface area contributed by atoms with Crippen LogP contribution in [0.5, 0.6) is 0 Å². The molecule has 1 saturated heterocycles. The highest BCUT2D eigenvalue weighted by Crippen LogP contribution is 2.14. The van der Waals surface area contributed by atoms with Gasteiger partial charge in [0.2, 0.25) is 5.95 Å². The highest BCUT2D eigenvalue weighted by atomic mass is 16.2. The third-order valence-corrected chi connectivity index (χ3v) is 4.07. The number of carbonyl (C=O) groups excluding carboxylic acids is 1. The third kappa shape index (κ3) is 4.26. The molecular formula is C17H22N6O. The van der Waals surface area contributed by atoms with Gasteiger partial charge in [-0.15, -0.1) is 0 Å². The molecule has 0 saturated carbocycles. The third-order valence-electron chi connectivity index (χ3n) is 4.07. The van der Waals surface area contributed by atoms with Crippen molar-refractivity contribution in [3.63, 3.8) is 0 Å². The van der Waals surface area contributed by atoms with Gasteiger partial charge >= 0.3 is 0 Å². The molecule has 1 atom stereocenters. The predicted molar refractivity (Wildman–Crippen MR) is 91.2 cm³/mol. The van der Waals surface area contributed by atoms with Gasteiger partial charge in [-0.3, -0.25) is 14.7 Å². The highest BCUT2D eigenvalue weighted by molar-refractivity contribution is 5.92. The molecule has 7 nitrogen and oxygen atoms in total. The van der Waals surface area contributed by atoms with Crippen molar-refractivity contribution < 1.29 is 4.79 Å². The number of nitrogens with zero attached hydrogens (tertiary/aromatic N) is 4. The van der Waals surface area contributed by atoms with E-state index >= 15 is 0 Å². The van der Waals surface area contributed by atoms with Gasteiger partial charge in [-0.1, -0.05) is 6.07 Å². The van der Waals surface area contributed by atoms with E-state index in [1.807, 2.05) is 12.3 Å². The Balaban J connectivity index is 1.59. The van der Waals surface area contributed by atoms with Crippen molar-refractivity contribution in [1.29, 1.82) is 0 Å². The summed E-state index contributed by atoms with van der Waals surface area (Å²) in [6.07, 6.45) is 5.68. The van der Waals surface area contributed by atoms with E-state index < -0.39 is 0 Å². The molecule has 126 valence electrons. The topological polar surface area (TPSA) is 97.0 Å². The number of nitrogens with two attached hydrogens (primary N) is 1. The summed E-state index contributed by atoms with van der Waals surface area (Å²) in [4.78, 5) is 26.9. The number of pyridine rings is 1. The van der Waals surface area contributed by atoms with Crippen molar-refractivity contribution in [1.82, 2.24) is 25.2 Å². The number of hydrogen-bond donors (Lipinski definition) is 2. The minimum atomic E-state index is -0.194. The number of piperidine rings is 1. The van der Waals surface area contributed by atoms with Crippen molar-refractivity contribution in [3.05, 3.63) is 47.5 Å². The van der Waals surface area contributed by atoms with Crippen molar-refractivity contribution in [2.75, 3.05) is 18.8 Å². The average molecular weight is 326 g/mol. The summed E-state index contributed by atoms with van der Waals surface area (Å²) in [5, 5.41) is 3.06. The number of nitrogens with one attached hydrogen (secondary N) is 1. The quantitative estimate of drug-likeness (QED) is 0.875. The van der Waals surface area contributed by atoms with Crippen LogP contribution in [-0.4, -0.2) is 44.9 Å². The van der Waals surface area contributed by atoms with Gasteiger partial charge < -0.3 is 11.1 Å². The van der Waals surface area contributed by atoms with Crippen LogP contribution in [0.15, 0.2) is 30.6 Å². The lowest BCUT2D eigenvalue weighted by atomic mass is 10.0. The van der Waals surface area contributed by atoms with Gasteiger partial charge in [0.05, 0.1) is 0 Å². The minimum Gasteiger partial charge on any atom is -0.368 e. The first-order valence-electron chi connectivity index (χ1n) is 8.13. The van der Waals surface area contributed by atoms with Crippen molar-refractivity contribution in [2.45, 2.75) is 32.4 Å². The zero-order valence-electron chi connectivity index (χ0n) is 13.8. The van der Waals surface area contributed by atoms with Gasteiger partial charge in [0.25, 0.3) is 5.91 Å². The number of carbonyl (C=O) groups is 1. The van der Waals surface area contributed by atoms with E-state index in [-0.39, 0.29) is 17.9 Å². The SMILES string of the molecule is Cc1cc(C(=O)NC2CCCN(Cc3cccnc3)C2)nc(N)n1. The Labute approximate surface area is 141 Å². The molecule has 1 aliphatic rings. The minimum absolute atomic E-state index is 0.111. The van der Waals surface area contributed by atoms with E-state index in [0.29, 0.717) is 11.4 Å². The van der Waals surface area contributed by atoms with E-state index in [4.69, 9.17) is 5.73 Å². The molecule has 1 amide bonds. The van der Waals surface area contributed by atoms with Crippen LogP contribution in [0, 0.1) is 6.92 Å². The molecule has 3 rings (SSSR count). The van der Waals surface area contributed by atoms with Gasteiger partial charge in [-0.2, -0.15) is 0 Å². The van der Waals surface area contributed by atoms with Gasteiger partial charge in [0, 0.05) is 37.2 Å². The molecule has 1 aliphatic heterocycles. The largest absolute Gasteiger partial charge is 0.368 e. The molecule has 0 bridgehead atoms. The van der Waals surface area contributed by atoms with Crippen LogP contribution in [0.4, 0.5) is 5.95 Å². The van der Waals surface area contributed by atoms with E-state index in [0.717, 1.165) is 32.5 Å². The number of anilines is 1. The number of nitrogen functional groups attached to an aromatic ring is 1. The van der Waals surface area contributed by atoms with Gasteiger partial charge in [0.15, 0.2) is 0 Å². The summed E-state index contributed by atoms with van der Waals surface area (Å²) in [6, 6.07) is 5.78. The summed E-state index contributed by atoms with van der Waals surface area (Å²) < 4.78 is 0. The Morgan fingerprint density at radius 3 is 3.08 bits per heavy atom. The first kappa shape index (κ1) is 16.3. The first-order chi connectivity index (χ1) is 11.6. The standard InChI is InChI=1S/C17H22N6O/c1-12-8-15(22-17(18)20-12)16(24)21-14-5-3-7-23(11-14)10-13-4-2-6-19-9-13/h2,4,6,8-9,14H,3,5,7,10-11H2,1H3,(H,21,24)(H2,18,20,22). The number of rotatable bonds is 4. The molecule has 3 N–H and O–H groups in total. The molecule has 0 aromatic carbocycles. The molecule has 7 heteroatoms. The maximum Gasteiger partial charge on any atom is 0.270 e. The zero-order valence-corrected chi connectivity index (χ0v) is 13.8. The molecule has 2 aromatic heterocycles. The lowest BCUT2D eigenvalue weighted by Crippen LogP contribution is -2.47. The first-order valence-corrected chi connectivity index (χ1v) is 8.13. The fraction of sp³-hybridized carbons (Fsp3) is 0.412. The predicted octanol–water partition coefficient (Wildman–Crippen LogP) is 1.16. The van der Waals surface area contributed by atoms with Gasteiger partial charge in [-0.25, -0.2) is 9.97 Å². The fourth-order valence-electron chi connectivity index (χ4n) is 3.03. The molecule has 1 fully saturated rings. The lowest BCUT2D eigenvalue weighted by Gasteiger charge is -2.33. The van der Waals surface area contributed by atoms with E-state index in [1.54, 1.807) is 19.2 Å². The number of likely N-dealkylation sites (tertiary alicyclic amines) is 1. The molecule has 24 heavy (non-hydrogen) atoms. The Morgan fingerprint density at radius 2 is 2.33 bits per heavy atom. The highest BCUT2D eigenvalue weighted by Gasteiger charge is 2.22. The molecule has 1 unspecified atom stereocenters. The molecule has 2 aromatic rings. The second-order valence-electron chi connectivity index (χ2n) is 6.16. The number of amides is 1. The molecule has 0 aliphatic carbocycles. The van der Waals surface area contributed by atoms with Gasteiger partial charge in [-0.05, 0) is 44.0 Å². The fourth-order valence-corrected chi connectivity index (χ4v) is 3.03. The molecule has 0 spiro atoms. The average Bonchev–Trinajstić information content (AvgIpc) is 2.55. The number of aromatic nitrogens is 3. The zero-order chi connectivity index (χ0) is 16.9. The Bertz CT molecular complexity index is 685. The number of hydrogen-bond acceptors (Lipinski definition) is 6. The van der Waals surface area contributed by atoms with Crippen LogP contribution in [0.2, 0.25) is 0 Å². The van der Waals surface area contributed by atoms with Crippen molar-refractivity contribution in [2.24, 2.45) is 0 Å². The number of aryl methyl sites for hydroxylation is 1. The summed E-state index contributed by atoms with van der Waals surface area (Å²) in [7, 11) is 0. The lowest BCUT2D eigenvalue weighted by molar-refractivity contribution is 0.0895. The van der Waals surface area contributed by atoms with E-state index in [1.165, 1.54) is 5.56 Å². The van der Waals surface area contributed by atoms with Crippen LogP contribution >= 0.6 is 0 Å². The van der Waals surface area contributed by atoms with Crippen LogP contribution in [0.1, 0.15) is 34.6 Å². The Hall–Kier alpha value is -2.54. The summed E-state index contributed by atoms with van der Waals surface area (Å²) in [6.45, 7) is 4.49. The maximum atomic E-state index is 12.4. The maximum absolute atomic E-state index is 12.4. The Morgan fingerprint density at radius 1 is 1.46 bits per heavy atom. The summed E-state index contributed by atoms with van der Waals surface area (Å²) >= 11 is 0. The van der Waals surface area contributed by atoms with Crippen LogP contribution in [0.25, 0.3) is 0 Å². The summed E-state index contributed by atoms with van der Waals surface area (Å²) in [5.74, 6) is -0.0672. The van der Waals surface area contributed by atoms with Crippen molar-refractivity contribution in [3.8, 4) is 0 Å².